The third-order valence-corrected chi connectivity index (χ3v) is 6.53. The predicted octanol–water partition coefficient (Wildman–Crippen LogP) is 6.95. The zero-order valence-electron chi connectivity index (χ0n) is 26.0. The molecule has 43 heavy (non-hydrogen) atoms. The van der Waals surface area contributed by atoms with Crippen molar-refractivity contribution < 1.29 is 24.1 Å². The first kappa shape index (κ1) is 33.6. The summed E-state index contributed by atoms with van der Waals surface area (Å²) in [5.74, 6) is 2.60. The monoisotopic (exact) mass is 607 g/mol. The molecule has 0 bridgehead atoms. The van der Waals surface area contributed by atoms with E-state index in [2.05, 4.69) is 64.7 Å². The molecule has 0 aliphatic carbocycles. The minimum Gasteiger partial charge on any atom is -0.493 e. The van der Waals surface area contributed by atoms with Crippen molar-refractivity contribution in [3.05, 3.63) is 72.6 Å². The molecule has 0 unspecified atom stereocenters. The molecule has 2 heterocycles. The largest absolute Gasteiger partial charge is 0.493 e. The van der Waals surface area contributed by atoms with Gasteiger partial charge < -0.3 is 28.8 Å². The number of ether oxygens (including phenoxy) is 4. The Kier molecular flexibility index (Phi) is 12.1. The fourth-order valence-electron chi connectivity index (χ4n) is 3.63. The van der Waals surface area contributed by atoms with Crippen molar-refractivity contribution in [2.24, 2.45) is 0 Å². The number of anilines is 1. The third-order valence-electron chi connectivity index (χ3n) is 5.72. The Balaban J connectivity index is 0.00000248. The van der Waals surface area contributed by atoms with Crippen LogP contribution in [0.4, 0.5) is 5.82 Å². The molecule has 0 radical (unpaired) electrons. The van der Waals surface area contributed by atoms with Gasteiger partial charge >= 0.3 is 0 Å². The number of para-hydroxylation sites is 2. The van der Waals surface area contributed by atoms with Crippen molar-refractivity contribution in [2.75, 3.05) is 32.2 Å². The molecule has 0 saturated heterocycles. The minimum absolute atomic E-state index is 0.0621. The van der Waals surface area contributed by atoms with Crippen LogP contribution in [0.3, 0.4) is 0 Å². The van der Waals surface area contributed by atoms with Gasteiger partial charge in [-0.15, -0.1) is 0 Å². The molecule has 230 valence electrons. The summed E-state index contributed by atoms with van der Waals surface area (Å²) < 4.78 is 27.2. The Bertz CT molecular complexity index is 1430. The van der Waals surface area contributed by atoms with E-state index in [9.17, 15) is 0 Å². The highest BCUT2D eigenvalue weighted by molar-refractivity contribution is 8.00. The topological polar surface area (TPSA) is 121 Å². The molecule has 2 N–H and O–H groups in total. The molecule has 11 heteroatoms. The summed E-state index contributed by atoms with van der Waals surface area (Å²) >= 11 is 1.40. The van der Waals surface area contributed by atoms with Crippen LogP contribution in [-0.2, 0) is 10.2 Å². The summed E-state index contributed by atoms with van der Waals surface area (Å²) in [6.45, 7) is 13.2. The number of nitrogens with zero attached hydrogens (tertiary/aromatic N) is 4. The van der Waals surface area contributed by atoms with Crippen molar-refractivity contribution in [3.63, 3.8) is 0 Å². The molecule has 0 saturated carbocycles. The lowest BCUT2D eigenvalue weighted by atomic mass is 9.87. The van der Waals surface area contributed by atoms with Gasteiger partial charge in [0, 0.05) is 24.4 Å². The van der Waals surface area contributed by atoms with Crippen LogP contribution >= 0.6 is 11.9 Å². The van der Waals surface area contributed by atoms with Crippen LogP contribution in [0.15, 0.2) is 71.9 Å². The molecule has 0 spiro atoms. The molecule has 4 rings (SSSR count). The molecular formula is C32H41N5O5S. The maximum absolute atomic E-state index is 7.00. The highest BCUT2D eigenvalue weighted by Gasteiger charge is 2.23. The highest BCUT2D eigenvalue weighted by atomic mass is 32.2. The van der Waals surface area contributed by atoms with Gasteiger partial charge in [-0.25, -0.2) is 15.0 Å². The van der Waals surface area contributed by atoms with Gasteiger partial charge in [0.2, 0.25) is 11.6 Å². The number of aromatic nitrogens is 4. The Morgan fingerprint density at radius 3 is 2.05 bits per heavy atom. The Hall–Kier alpha value is -3.93. The van der Waals surface area contributed by atoms with E-state index in [1.54, 1.807) is 25.6 Å². The fraction of sp³-hybridized carbons (Fsp3) is 0.375. The highest BCUT2D eigenvalue weighted by Crippen LogP contribution is 2.42. The first-order valence-corrected chi connectivity index (χ1v) is 14.6. The summed E-state index contributed by atoms with van der Waals surface area (Å²) in [6, 6.07) is 17.5. The van der Waals surface area contributed by atoms with Gasteiger partial charge in [0.1, 0.15) is 6.61 Å². The van der Waals surface area contributed by atoms with Crippen molar-refractivity contribution in [1.29, 1.82) is 0 Å². The smallest absolute Gasteiger partial charge is 0.263 e. The van der Waals surface area contributed by atoms with Gasteiger partial charge in [0.05, 0.1) is 19.3 Å². The number of aliphatic hydroxyl groups is 1. The second kappa shape index (κ2) is 15.5. The number of hydrogen-bond acceptors (Lipinski definition) is 11. The zero-order chi connectivity index (χ0) is 31.5. The standard InChI is InChI=1S/C31H37N5O4S.CH4O/c1-30(2,3)21-13-15-22(16-14-21)41-36-26-25(40-24-12-9-8-11-23(24)37-7)29(38-19-20-39-31(4,5)6)35-28(34-26)27-32-17-10-18-33-27;1-2/h8-18H,19-20H2,1-7H3,(H,34,35,36);2H,1H3. The average Bonchev–Trinajstić information content (AvgIpc) is 3.00. The van der Waals surface area contributed by atoms with Crippen molar-refractivity contribution in [2.45, 2.75) is 57.5 Å². The summed E-state index contributed by atoms with van der Waals surface area (Å²) in [4.78, 5) is 19.1. The van der Waals surface area contributed by atoms with Crippen LogP contribution in [0.1, 0.15) is 47.1 Å². The first-order valence-electron chi connectivity index (χ1n) is 13.8. The Morgan fingerprint density at radius 2 is 1.44 bits per heavy atom. The van der Waals surface area contributed by atoms with Gasteiger partial charge in [0.15, 0.2) is 23.1 Å². The quantitative estimate of drug-likeness (QED) is 0.136. The lowest BCUT2D eigenvalue weighted by Crippen LogP contribution is -2.22. The van der Waals surface area contributed by atoms with Crippen LogP contribution in [0.25, 0.3) is 11.6 Å². The van der Waals surface area contributed by atoms with E-state index in [-0.39, 0.29) is 29.3 Å². The lowest BCUT2D eigenvalue weighted by molar-refractivity contribution is -0.0170. The van der Waals surface area contributed by atoms with Crippen LogP contribution in [0, 0.1) is 0 Å². The molecule has 10 nitrogen and oxygen atoms in total. The second-order valence-corrected chi connectivity index (χ2v) is 12.0. The second-order valence-electron chi connectivity index (χ2n) is 11.1. The average molecular weight is 608 g/mol. The number of methoxy groups -OCH3 is 1. The van der Waals surface area contributed by atoms with E-state index in [1.807, 2.05) is 45.0 Å². The molecule has 0 aliphatic heterocycles. The minimum atomic E-state index is -0.305. The molecule has 0 aliphatic rings. The maximum atomic E-state index is 7.00. The van der Waals surface area contributed by atoms with Crippen LogP contribution in [0.2, 0.25) is 0 Å². The van der Waals surface area contributed by atoms with E-state index < -0.39 is 0 Å². The van der Waals surface area contributed by atoms with Crippen molar-refractivity contribution in [1.82, 2.24) is 19.9 Å². The normalized spacial score (nSPS) is 11.3. The first-order chi connectivity index (χ1) is 20.5. The van der Waals surface area contributed by atoms with Gasteiger partial charge in [-0.2, -0.15) is 4.98 Å². The zero-order valence-corrected chi connectivity index (χ0v) is 26.9. The predicted molar refractivity (Wildman–Crippen MR) is 170 cm³/mol. The van der Waals surface area contributed by atoms with E-state index in [0.717, 1.165) is 12.0 Å². The van der Waals surface area contributed by atoms with Crippen LogP contribution in [-0.4, -0.2) is 58.1 Å². The van der Waals surface area contributed by atoms with E-state index in [4.69, 9.17) is 29.0 Å². The number of rotatable bonds is 11. The van der Waals surface area contributed by atoms with Gasteiger partial charge in [-0.1, -0.05) is 45.0 Å². The maximum Gasteiger partial charge on any atom is 0.263 e. The molecule has 0 amide bonds. The number of nitrogens with one attached hydrogen (secondary N) is 1. The van der Waals surface area contributed by atoms with Crippen molar-refractivity contribution >= 4 is 17.8 Å². The third kappa shape index (κ3) is 10.1. The SMILES string of the molecule is CO.COc1ccccc1Oc1c(NSc2ccc(C(C)(C)C)cc2)nc(-c2ncccn2)nc1OCCOC(C)(C)C. The fourth-order valence-corrected chi connectivity index (χ4v) is 4.26. The summed E-state index contributed by atoms with van der Waals surface area (Å²) in [5, 5.41) is 7.00. The van der Waals surface area contributed by atoms with E-state index >= 15 is 0 Å². The number of hydrogen-bond donors (Lipinski definition) is 2. The van der Waals surface area contributed by atoms with Gasteiger partial charge in [-0.05, 0) is 74.0 Å². The Labute approximate surface area is 258 Å². The molecule has 0 atom stereocenters. The van der Waals surface area contributed by atoms with Crippen molar-refractivity contribution in [3.8, 4) is 34.8 Å². The van der Waals surface area contributed by atoms with E-state index in [0.29, 0.717) is 35.5 Å². The summed E-state index contributed by atoms with van der Waals surface area (Å²) in [5.41, 5.74) is 1.01. The number of benzene rings is 2. The number of aliphatic hydroxyl groups excluding tert-OH is 1. The van der Waals surface area contributed by atoms with Crippen LogP contribution in [0.5, 0.6) is 23.1 Å². The Morgan fingerprint density at radius 1 is 0.791 bits per heavy atom. The molecule has 2 aromatic carbocycles. The molecule has 2 aromatic heterocycles. The summed E-state index contributed by atoms with van der Waals surface area (Å²) in [6.07, 6.45) is 3.28. The van der Waals surface area contributed by atoms with Gasteiger partial charge in [-0.3, -0.25) is 0 Å². The molecule has 4 aromatic rings. The van der Waals surface area contributed by atoms with Crippen LogP contribution < -0.4 is 18.9 Å². The molecular weight excluding hydrogens is 566 g/mol. The summed E-state index contributed by atoms with van der Waals surface area (Å²) in [7, 11) is 2.59. The lowest BCUT2D eigenvalue weighted by Gasteiger charge is -2.21. The van der Waals surface area contributed by atoms with E-state index in [1.165, 1.54) is 17.5 Å². The molecule has 0 fully saturated rings. The van der Waals surface area contributed by atoms with Gasteiger partial charge in [0.25, 0.3) is 5.88 Å².